The number of aromatic nitrogens is 1. The summed E-state index contributed by atoms with van der Waals surface area (Å²) in [7, 11) is 0. The quantitative estimate of drug-likeness (QED) is 0.894. The van der Waals surface area contributed by atoms with E-state index in [9.17, 15) is 9.59 Å². The van der Waals surface area contributed by atoms with Crippen molar-refractivity contribution in [2.45, 2.75) is 12.5 Å². The molecule has 2 aromatic heterocycles. The van der Waals surface area contributed by atoms with Crippen LogP contribution in [0.4, 0.5) is 0 Å². The highest BCUT2D eigenvalue weighted by molar-refractivity contribution is 7.99. The molecular weight excluding hydrogens is 338 g/mol. The normalized spacial score (nSPS) is 17.6. The summed E-state index contributed by atoms with van der Waals surface area (Å²) < 4.78 is 0. The second kappa shape index (κ2) is 7.26. The van der Waals surface area contributed by atoms with Gasteiger partial charge in [0.2, 0.25) is 5.91 Å². The predicted octanol–water partition coefficient (Wildman–Crippen LogP) is 2.08. The van der Waals surface area contributed by atoms with Crippen LogP contribution in [0.5, 0.6) is 0 Å². The molecule has 1 atom stereocenters. The van der Waals surface area contributed by atoms with Crippen molar-refractivity contribution in [1.29, 1.82) is 0 Å². The molecule has 116 valence electrons. The van der Waals surface area contributed by atoms with E-state index in [-0.39, 0.29) is 17.9 Å². The molecule has 0 aromatic carbocycles. The summed E-state index contributed by atoms with van der Waals surface area (Å²) in [5.74, 6) is 1.09. The van der Waals surface area contributed by atoms with Gasteiger partial charge in [0, 0.05) is 24.1 Å². The van der Waals surface area contributed by atoms with Crippen LogP contribution in [0.1, 0.15) is 15.4 Å². The molecule has 2 amide bonds. The molecule has 0 saturated carbocycles. The van der Waals surface area contributed by atoms with Crippen molar-refractivity contribution < 1.29 is 9.59 Å². The first-order chi connectivity index (χ1) is 10.8. The summed E-state index contributed by atoms with van der Waals surface area (Å²) in [4.78, 5) is 31.3. The number of thiophene rings is 1. The molecule has 2 aromatic rings. The van der Waals surface area contributed by atoms with Gasteiger partial charge in [0.15, 0.2) is 0 Å². The van der Waals surface area contributed by atoms with Crippen molar-refractivity contribution in [3.05, 3.63) is 39.0 Å². The molecule has 1 N–H and O–H groups in total. The lowest BCUT2D eigenvalue weighted by Crippen LogP contribution is -2.47. The van der Waals surface area contributed by atoms with Crippen molar-refractivity contribution >= 4 is 46.2 Å². The van der Waals surface area contributed by atoms with Crippen molar-refractivity contribution in [1.82, 2.24) is 15.2 Å². The minimum absolute atomic E-state index is 0.0559. The molecule has 0 bridgehead atoms. The van der Waals surface area contributed by atoms with Crippen LogP contribution in [-0.2, 0) is 11.2 Å². The third-order valence-electron chi connectivity index (χ3n) is 3.34. The van der Waals surface area contributed by atoms with Crippen molar-refractivity contribution in [2.75, 3.05) is 18.2 Å². The summed E-state index contributed by atoms with van der Waals surface area (Å²) >= 11 is 4.57. The first-order valence-electron chi connectivity index (χ1n) is 6.82. The van der Waals surface area contributed by atoms with Gasteiger partial charge in [0.05, 0.1) is 22.0 Å². The fraction of sp³-hybridized carbons (Fsp3) is 0.357. The highest BCUT2D eigenvalue weighted by atomic mass is 32.2. The van der Waals surface area contributed by atoms with Crippen LogP contribution in [0.15, 0.2) is 28.4 Å². The van der Waals surface area contributed by atoms with Crippen molar-refractivity contribution in [3.8, 4) is 0 Å². The van der Waals surface area contributed by atoms with Crippen LogP contribution in [0.2, 0.25) is 0 Å². The number of carbonyl (C=O) groups is 2. The molecule has 8 heteroatoms. The van der Waals surface area contributed by atoms with Crippen LogP contribution in [-0.4, -0.2) is 45.9 Å². The van der Waals surface area contributed by atoms with E-state index in [1.807, 2.05) is 16.8 Å². The average molecular weight is 353 g/mol. The first-order valence-corrected chi connectivity index (χ1v) is 9.80. The summed E-state index contributed by atoms with van der Waals surface area (Å²) in [5.41, 5.74) is 2.77. The lowest BCUT2D eigenvalue weighted by molar-refractivity contribution is -0.124. The first kappa shape index (κ1) is 15.5. The minimum atomic E-state index is -0.380. The van der Waals surface area contributed by atoms with Crippen molar-refractivity contribution in [3.63, 3.8) is 0 Å². The zero-order valence-corrected chi connectivity index (χ0v) is 14.2. The number of amides is 2. The summed E-state index contributed by atoms with van der Waals surface area (Å²) in [6, 6.07) is 3.27. The molecule has 1 saturated heterocycles. The topological polar surface area (TPSA) is 62.3 Å². The molecular formula is C14H15N3O2S3. The summed E-state index contributed by atoms with van der Waals surface area (Å²) in [6.07, 6.45) is 0.716. The molecule has 0 radical (unpaired) electrons. The monoisotopic (exact) mass is 353 g/mol. The van der Waals surface area contributed by atoms with Crippen LogP contribution < -0.4 is 5.32 Å². The van der Waals surface area contributed by atoms with E-state index < -0.39 is 0 Å². The number of hydrogen-bond donors (Lipinski definition) is 1. The smallest absolute Gasteiger partial charge is 0.265 e. The Morgan fingerprint density at radius 1 is 1.45 bits per heavy atom. The van der Waals surface area contributed by atoms with E-state index in [2.05, 4.69) is 10.3 Å². The van der Waals surface area contributed by atoms with Gasteiger partial charge < -0.3 is 10.2 Å². The molecule has 1 aliphatic heterocycles. The van der Waals surface area contributed by atoms with Crippen LogP contribution in [0.3, 0.4) is 0 Å². The van der Waals surface area contributed by atoms with Crippen molar-refractivity contribution in [2.24, 2.45) is 0 Å². The number of hydrogen-bond acceptors (Lipinski definition) is 6. The van der Waals surface area contributed by atoms with Gasteiger partial charge in [0.25, 0.3) is 5.91 Å². The molecule has 3 heterocycles. The molecule has 0 unspecified atom stereocenters. The maximum absolute atomic E-state index is 12.4. The Balaban J connectivity index is 1.55. The van der Waals surface area contributed by atoms with E-state index in [1.54, 1.807) is 39.6 Å². The highest BCUT2D eigenvalue weighted by Gasteiger charge is 2.35. The molecule has 0 spiro atoms. The number of thiazole rings is 1. The molecule has 1 fully saturated rings. The highest BCUT2D eigenvalue weighted by Crippen LogP contribution is 2.24. The summed E-state index contributed by atoms with van der Waals surface area (Å²) in [5, 5.41) is 6.77. The number of thioether (sulfide) groups is 1. The van der Waals surface area contributed by atoms with Crippen LogP contribution in [0, 0.1) is 0 Å². The lowest BCUT2D eigenvalue weighted by Gasteiger charge is -2.22. The summed E-state index contributed by atoms with van der Waals surface area (Å²) in [6.45, 7) is 0.546. The lowest BCUT2D eigenvalue weighted by atomic mass is 10.2. The number of carbonyl (C=O) groups excluding carboxylic acids is 2. The van der Waals surface area contributed by atoms with E-state index in [4.69, 9.17) is 0 Å². The molecule has 0 aliphatic carbocycles. The van der Waals surface area contributed by atoms with Gasteiger partial charge in [-0.1, -0.05) is 6.07 Å². The minimum Gasteiger partial charge on any atom is -0.354 e. The number of nitrogens with one attached hydrogen (secondary N) is 1. The SMILES string of the molecule is O=C(NCCc1cscn1)[C@H]1CSCN1C(=O)c1cccs1. The Labute approximate surface area is 140 Å². The molecule has 5 nitrogen and oxygen atoms in total. The second-order valence-corrected chi connectivity index (χ2v) is 7.45. The third-order valence-corrected chi connectivity index (χ3v) is 5.85. The van der Waals surface area contributed by atoms with Crippen LogP contribution in [0.25, 0.3) is 0 Å². The Hall–Kier alpha value is -1.38. The van der Waals surface area contributed by atoms with Gasteiger partial charge in [-0.25, -0.2) is 4.98 Å². The van der Waals surface area contributed by atoms with Gasteiger partial charge in [-0.05, 0) is 11.4 Å². The maximum Gasteiger partial charge on any atom is 0.265 e. The van der Waals surface area contributed by atoms with E-state index in [0.29, 0.717) is 29.5 Å². The average Bonchev–Trinajstić information content (AvgIpc) is 3.26. The molecule has 22 heavy (non-hydrogen) atoms. The second-order valence-electron chi connectivity index (χ2n) is 4.79. The van der Waals surface area contributed by atoms with E-state index in [1.165, 1.54) is 11.3 Å². The van der Waals surface area contributed by atoms with Gasteiger partial charge in [0.1, 0.15) is 6.04 Å². The number of rotatable bonds is 5. The Morgan fingerprint density at radius 2 is 2.36 bits per heavy atom. The van der Waals surface area contributed by atoms with Gasteiger partial charge in [-0.2, -0.15) is 0 Å². The zero-order chi connectivity index (χ0) is 15.4. The Morgan fingerprint density at radius 3 is 3.09 bits per heavy atom. The van der Waals surface area contributed by atoms with Gasteiger partial charge in [-0.15, -0.1) is 34.4 Å². The largest absolute Gasteiger partial charge is 0.354 e. The maximum atomic E-state index is 12.4. The Bertz CT molecular complexity index is 628. The molecule has 3 rings (SSSR count). The molecule has 1 aliphatic rings. The number of nitrogens with zero attached hydrogens (tertiary/aromatic N) is 2. The predicted molar refractivity (Wildman–Crippen MR) is 90.4 cm³/mol. The Kier molecular flexibility index (Phi) is 5.12. The van der Waals surface area contributed by atoms with Gasteiger partial charge >= 0.3 is 0 Å². The standard InChI is InChI=1S/C14H15N3O2S3/c18-13(15-4-3-10-6-20-8-16-10)11-7-21-9-17(11)14(19)12-2-1-5-22-12/h1-2,5-6,8,11H,3-4,7,9H2,(H,15,18)/t11-/m1/s1. The van der Waals surface area contributed by atoms with Crippen LogP contribution >= 0.6 is 34.4 Å². The van der Waals surface area contributed by atoms with E-state index >= 15 is 0 Å². The van der Waals surface area contributed by atoms with E-state index in [0.717, 1.165) is 5.69 Å². The zero-order valence-electron chi connectivity index (χ0n) is 11.7. The fourth-order valence-electron chi connectivity index (χ4n) is 2.19. The fourth-order valence-corrected chi connectivity index (χ4v) is 4.62. The van der Waals surface area contributed by atoms with Gasteiger partial charge in [-0.3, -0.25) is 9.59 Å². The third kappa shape index (κ3) is 3.50.